The molecule has 17 heavy (non-hydrogen) atoms. The number of hydrogen-bond donors (Lipinski definition) is 0. The molecule has 0 fully saturated rings. The van der Waals surface area contributed by atoms with Crippen LogP contribution in [0.2, 0.25) is 0 Å². The molecule has 2 nitrogen and oxygen atoms in total. The van der Waals surface area contributed by atoms with Crippen LogP contribution in [0, 0.1) is 5.41 Å². The second-order valence-corrected chi connectivity index (χ2v) is 5.73. The average molecular weight is 301 g/mol. The first-order valence-electron chi connectivity index (χ1n) is 5.82. The van der Waals surface area contributed by atoms with E-state index in [1.54, 1.807) is 14.2 Å². The summed E-state index contributed by atoms with van der Waals surface area (Å²) in [5.74, 6) is 1.69. The number of benzene rings is 1. The second kappa shape index (κ2) is 5.76. The fourth-order valence-electron chi connectivity index (χ4n) is 1.63. The molecule has 0 amide bonds. The molecule has 0 aliphatic rings. The van der Waals surface area contributed by atoms with Crippen molar-refractivity contribution in [3.8, 4) is 11.5 Å². The highest BCUT2D eigenvalue weighted by molar-refractivity contribution is 9.09. The molecule has 1 aromatic carbocycles. The SMILES string of the molecule is CCC(C)(C)C(Br)c1ccc(OC)cc1OC. The minimum Gasteiger partial charge on any atom is -0.497 e. The van der Waals surface area contributed by atoms with E-state index in [9.17, 15) is 0 Å². The van der Waals surface area contributed by atoms with Crippen LogP contribution in [0.1, 0.15) is 37.6 Å². The van der Waals surface area contributed by atoms with Crippen molar-refractivity contribution in [3.05, 3.63) is 23.8 Å². The number of methoxy groups -OCH3 is 2. The Morgan fingerprint density at radius 2 is 1.88 bits per heavy atom. The molecule has 0 saturated heterocycles. The van der Waals surface area contributed by atoms with Gasteiger partial charge in [-0.15, -0.1) is 0 Å². The molecule has 1 unspecified atom stereocenters. The third kappa shape index (κ3) is 3.15. The third-order valence-electron chi connectivity index (χ3n) is 3.31. The van der Waals surface area contributed by atoms with Crippen molar-refractivity contribution in [1.82, 2.24) is 0 Å². The summed E-state index contributed by atoms with van der Waals surface area (Å²) in [5.41, 5.74) is 1.35. The van der Waals surface area contributed by atoms with Crippen LogP contribution in [0.25, 0.3) is 0 Å². The molecule has 0 spiro atoms. The van der Waals surface area contributed by atoms with E-state index in [2.05, 4.69) is 42.8 Å². The van der Waals surface area contributed by atoms with Gasteiger partial charge >= 0.3 is 0 Å². The van der Waals surface area contributed by atoms with E-state index in [-0.39, 0.29) is 10.2 Å². The molecule has 0 N–H and O–H groups in total. The lowest BCUT2D eigenvalue weighted by Crippen LogP contribution is -2.17. The quantitative estimate of drug-likeness (QED) is 0.741. The Labute approximate surface area is 112 Å². The number of ether oxygens (including phenoxy) is 2. The van der Waals surface area contributed by atoms with Gasteiger partial charge in [-0.1, -0.05) is 42.8 Å². The molecule has 1 atom stereocenters. The standard InChI is InChI=1S/C14H21BrO2/c1-6-14(2,3)13(15)11-8-7-10(16-4)9-12(11)17-5/h7-9,13H,6H2,1-5H3. The summed E-state index contributed by atoms with van der Waals surface area (Å²) < 4.78 is 10.6. The summed E-state index contributed by atoms with van der Waals surface area (Å²) in [5, 5.41) is 0. The number of halogens is 1. The first-order valence-corrected chi connectivity index (χ1v) is 6.73. The molecule has 0 aliphatic carbocycles. The van der Waals surface area contributed by atoms with Gasteiger partial charge in [-0.2, -0.15) is 0 Å². The second-order valence-electron chi connectivity index (χ2n) is 4.81. The normalized spacial score (nSPS) is 13.3. The molecule has 0 saturated carbocycles. The first-order chi connectivity index (χ1) is 7.96. The molecular formula is C14H21BrO2. The highest BCUT2D eigenvalue weighted by Crippen LogP contribution is 2.46. The summed E-state index contributed by atoms with van der Waals surface area (Å²) in [7, 11) is 3.35. The molecule has 0 aliphatic heterocycles. The Bertz CT molecular complexity index is 374. The zero-order valence-electron chi connectivity index (χ0n) is 11.2. The van der Waals surface area contributed by atoms with E-state index in [0.29, 0.717) is 0 Å². The van der Waals surface area contributed by atoms with E-state index < -0.39 is 0 Å². The maximum Gasteiger partial charge on any atom is 0.126 e. The zero-order valence-corrected chi connectivity index (χ0v) is 12.8. The fourth-order valence-corrected chi connectivity index (χ4v) is 2.33. The summed E-state index contributed by atoms with van der Waals surface area (Å²) in [4.78, 5) is 0.265. The van der Waals surface area contributed by atoms with Crippen LogP contribution in [0.15, 0.2) is 18.2 Å². The van der Waals surface area contributed by atoms with Crippen molar-refractivity contribution in [3.63, 3.8) is 0 Å². The average Bonchev–Trinajstić information content (AvgIpc) is 2.36. The van der Waals surface area contributed by atoms with Crippen molar-refractivity contribution in [2.75, 3.05) is 14.2 Å². The van der Waals surface area contributed by atoms with Crippen LogP contribution >= 0.6 is 15.9 Å². The summed E-state index contributed by atoms with van der Waals surface area (Å²) >= 11 is 3.79. The molecule has 96 valence electrons. The highest BCUT2D eigenvalue weighted by atomic mass is 79.9. The third-order valence-corrected chi connectivity index (χ3v) is 5.04. The molecule has 0 bridgehead atoms. The molecule has 1 rings (SSSR count). The summed E-state index contributed by atoms with van der Waals surface area (Å²) in [6.07, 6.45) is 1.10. The lowest BCUT2D eigenvalue weighted by atomic mass is 9.83. The minimum atomic E-state index is 0.182. The van der Waals surface area contributed by atoms with Crippen LogP contribution < -0.4 is 9.47 Å². The molecule has 1 aromatic rings. The fraction of sp³-hybridized carbons (Fsp3) is 0.571. The smallest absolute Gasteiger partial charge is 0.126 e. The Morgan fingerprint density at radius 3 is 2.35 bits per heavy atom. The lowest BCUT2D eigenvalue weighted by molar-refractivity contribution is 0.333. The molecular weight excluding hydrogens is 280 g/mol. The number of alkyl halides is 1. The van der Waals surface area contributed by atoms with Crippen molar-refractivity contribution < 1.29 is 9.47 Å². The molecule has 0 aromatic heterocycles. The van der Waals surface area contributed by atoms with Crippen molar-refractivity contribution in [2.24, 2.45) is 5.41 Å². The monoisotopic (exact) mass is 300 g/mol. The highest BCUT2D eigenvalue weighted by Gasteiger charge is 2.29. The van der Waals surface area contributed by atoms with Crippen molar-refractivity contribution in [1.29, 1.82) is 0 Å². The zero-order chi connectivity index (χ0) is 13.1. The van der Waals surface area contributed by atoms with Gasteiger partial charge < -0.3 is 9.47 Å². The molecule has 0 heterocycles. The first kappa shape index (κ1) is 14.4. The predicted octanol–water partition coefficient (Wildman–Crippen LogP) is 4.58. The Balaban J connectivity index is 3.13. The Hall–Kier alpha value is -0.700. The van der Waals surface area contributed by atoms with E-state index in [0.717, 1.165) is 17.9 Å². The van der Waals surface area contributed by atoms with Gasteiger partial charge in [-0.3, -0.25) is 0 Å². The van der Waals surface area contributed by atoms with Gasteiger partial charge in [0.25, 0.3) is 0 Å². The van der Waals surface area contributed by atoms with Gasteiger partial charge in [0.05, 0.1) is 14.2 Å². The largest absolute Gasteiger partial charge is 0.497 e. The van der Waals surface area contributed by atoms with Crippen LogP contribution in [-0.4, -0.2) is 14.2 Å². The Kier molecular flexibility index (Phi) is 4.87. The van der Waals surface area contributed by atoms with Gasteiger partial charge in [0.15, 0.2) is 0 Å². The van der Waals surface area contributed by atoms with Gasteiger partial charge in [-0.05, 0) is 17.9 Å². The minimum absolute atomic E-state index is 0.182. The number of rotatable bonds is 5. The van der Waals surface area contributed by atoms with E-state index in [4.69, 9.17) is 9.47 Å². The van der Waals surface area contributed by atoms with Gasteiger partial charge in [0, 0.05) is 16.5 Å². The maximum absolute atomic E-state index is 5.44. The van der Waals surface area contributed by atoms with E-state index in [1.807, 2.05) is 12.1 Å². The number of hydrogen-bond acceptors (Lipinski definition) is 2. The van der Waals surface area contributed by atoms with Gasteiger partial charge in [-0.25, -0.2) is 0 Å². The van der Waals surface area contributed by atoms with Gasteiger partial charge in [0.2, 0.25) is 0 Å². The van der Waals surface area contributed by atoms with Crippen LogP contribution in [0.5, 0.6) is 11.5 Å². The summed E-state index contributed by atoms with van der Waals surface area (Å²) in [6.45, 7) is 6.69. The predicted molar refractivity (Wildman–Crippen MR) is 75.3 cm³/mol. The van der Waals surface area contributed by atoms with Crippen LogP contribution in [-0.2, 0) is 0 Å². The summed E-state index contributed by atoms with van der Waals surface area (Å²) in [6, 6.07) is 5.96. The van der Waals surface area contributed by atoms with E-state index >= 15 is 0 Å². The molecule has 3 heteroatoms. The lowest BCUT2D eigenvalue weighted by Gasteiger charge is -2.30. The Morgan fingerprint density at radius 1 is 1.24 bits per heavy atom. The molecule has 0 radical (unpaired) electrons. The van der Waals surface area contributed by atoms with Crippen molar-refractivity contribution in [2.45, 2.75) is 32.0 Å². The van der Waals surface area contributed by atoms with Crippen molar-refractivity contribution >= 4 is 15.9 Å². The topological polar surface area (TPSA) is 18.5 Å². The van der Waals surface area contributed by atoms with Crippen LogP contribution in [0.4, 0.5) is 0 Å². The maximum atomic E-state index is 5.44. The van der Waals surface area contributed by atoms with Gasteiger partial charge in [0.1, 0.15) is 11.5 Å². The van der Waals surface area contributed by atoms with Crippen LogP contribution in [0.3, 0.4) is 0 Å². The van der Waals surface area contributed by atoms with E-state index in [1.165, 1.54) is 5.56 Å².